The van der Waals surface area contributed by atoms with Crippen molar-refractivity contribution in [3.8, 4) is 0 Å². The predicted octanol–water partition coefficient (Wildman–Crippen LogP) is 3.55. The molecule has 0 spiro atoms. The second kappa shape index (κ2) is 8.75. The first-order valence-electron chi connectivity index (χ1n) is 10.4. The molecular weight excluding hydrogens is 441 g/mol. The number of ether oxygens (including phenoxy) is 1. The highest BCUT2D eigenvalue weighted by Crippen LogP contribution is 2.36. The fraction of sp³-hybridized carbons (Fsp3) is 0.429. The Morgan fingerprint density at radius 3 is 2.79 bits per heavy atom. The molecule has 9 nitrogen and oxygen atoms in total. The molecule has 3 aromatic heterocycles. The van der Waals surface area contributed by atoms with Crippen LogP contribution in [0, 0.1) is 5.92 Å². The maximum absolute atomic E-state index is 12.5. The number of halogens is 3. The monoisotopic (exact) mass is 464 g/mol. The number of alkyl halides is 3. The number of fused-ring (bicyclic) bond motifs is 3. The van der Waals surface area contributed by atoms with E-state index in [1.165, 1.54) is 21.7 Å². The number of hydrogen-bond donors (Lipinski definition) is 1. The first-order chi connectivity index (χ1) is 15.7. The average molecular weight is 464 g/mol. The van der Waals surface area contributed by atoms with Crippen molar-refractivity contribution in [1.82, 2.24) is 29.2 Å². The molecule has 12 heteroatoms. The van der Waals surface area contributed by atoms with Crippen LogP contribution in [-0.2, 0) is 4.74 Å². The zero-order valence-corrected chi connectivity index (χ0v) is 17.9. The number of nitrogens with one attached hydrogen (secondary N) is 1. The molecule has 0 saturated carbocycles. The molecule has 1 saturated heterocycles. The van der Waals surface area contributed by atoms with Crippen LogP contribution in [-0.4, -0.2) is 68.4 Å². The number of rotatable bonds is 5. The van der Waals surface area contributed by atoms with Crippen molar-refractivity contribution in [2.75, 3.05) is 26.2 Å². The smallest absolute Gasteiger partial charge is 0.420 e. The molecule has 2 amide bonds. The highest BCUT2D eigenvalue weighted by atomic mass is 19.4. The normalized spacial score (nSPS) is 18.7. The summed E-state index contributed by atoms with van der Waals surface area (Å²) in [5.41, 5.74) is 2.36. The van der Waals surface area contributed by atoms with Crippen LogP contribution in [0.2, 0.25) is 0 Å². The Bertz CT molecular complexity index is 1200. The Hall–Kier alpha value is -3.57. The van der Waals surface area contributed by atoms with Gasteiger partial charge in [0.1, 0.15) is 13.2 Å². The lowest BCUT2D eigenvalue weighted by molar-refractivity contribution is -0.123. The Kier molecular flexibility index (Phi) is 6.00. The molecule has 0 unspecified atom stereocenters. The molecule has 33 heavy (non-hydrogen) atoms. The van der Waals surface area contributed by atoms with Gasteiger partial charge in [-0.2, -0.15) is 13.2 Å². The van der Waals surface area contributed by atoms with E-state index in [0.29, 0.717) is 23.4 Å². The molecule has 4 rings (SSSR count). The summed E-state index contributed by atoms with van der Waals surface area (Å²) >= 11 is 0. The second-order valence-electron chi connectivity index (χ2n) is 7.85. The van der Waals surface area contributed by atoms with Crippen LogP contribution in [0.5, 0.6) is 0 Å². The zero-order chi connectivity index (χ0) is 23.8. The second-order valence-corrected chi connectivity index (χ2v) is 7.85. The molecule has 0 aliphatic carbocycles. The van der Waals surface area contributed by atoms with Crippen LogP contribution in [0.4, 0.5) is 22.8 Å². The summed E-state index contributed by atoms with van der Waals surface area (Å²) in [6, 6.07) is 0.976. The largest absolute Gasteiger partial charge is 0.445 e. The number of amides is 2. The molecule has 3 aromatic rings. The van der Waals surface area contributed by atoms with Gasteiger partial charge < -0.3 is 15.0 Å². The maximum atomic E-state index is 12.5. The third-order valence-corrected chi connectivity index (χ3v) is 5.79. The molecule has 1 aliphatic heterocycles. The van der Waals surface area contributed by atoms with E-state index in [1.807, 2.05) is 16.6 Å². The minimum Gasteiger partial charge on any atom is -0.445 e. The summed E-state index contributed by atoms with van der Waals surface area (Å²) in [5, 5.41) is 1.94. The summed E-state index contributed by atoms with van der Waals surface area (Å²) < 4.78 is 45.8. The lowest BCUT2D eigenvalue weighted by atomic mass is 9.91. The number of imidazole rings is 1. The van der Waals surface area contributed by atoms with Crippen molar-refractivity contribution in [1.29, 1.82) is 0 Å². The molecule has 1 N–H and O–H groups in total. The van der Waals surface area contributed by atoms with E-state index in [-0.39, 0.29) is 25.0 Å². The number of hydrogen-bond acceptors (Lipinski definition) is 5. The van der Waals surface area contributed by atoms with E-state index in [0.717, 1.165) is 12.1 Å². The van der Waals surface area contributed by atoms with Crippen LogP contribution in [0.1, 0.15) is 25.0 Å². The summed E-state index contributed by atoms with van der Waals surface area (Å²) in [6.45, 7) is 4.77. The van der Waals surface area contributed by atoms with Crippen molar-refractivity contribution in [3.05, 3.63) is 43.0 Å². The fourth-order valence-corrected chi connectivity index (χ4v) is 4.25. The molecule has 0 aromatic carbocycles. The molecule has 0 bridgehead atoms. The Morgan fingerprint density at radius 1 is 1.30 bits per heavy atom. The van der Waals surface area contributed by atoms with E-state index in [1.54, 1.807) is 18.5 Å². The number of likely N-dealkylation sites (tertiary alicyclic amines) is 1. The van der Waals surface area contributed by atoms with Crippen molar-refractivity contribution >= 4 is 28.9 Å². The summed E-state index contributed by atoms with van der Waals surface area (Å²) in [5.74, 6) is -0.118. The SMILES string of the molecule is C=CCOC(=O)n1ccc2c1ncc1ncc([C@H]3CN(C(=O)NCC(F)(F)F)C[C@H]3CC)n12. The molecule has 4 heterocycles. The number of aromatic nitrogens is 4. The maximum Gasteiger partial charge on any atom is 0.420 e. The minimum atomic E-state index is -4.47. The zero-order valence-electron chi connectivity index (χ0n) is 17.9. The van der Waals surface area contributed by atoms with Gasteiger partial charge in [-0.1, -0.05) is 26.0 Å². The van der Waals surface area contributed by atoms with E-state index in [2.05, 4.69) is 16.5 Å². The van der Waals surface area contributed by atoms with Crippen LogP contribution in [0.3, 0.4) is 0 Å². The summed E-state index contributed by atoms with van der Waals surface area (Å²) in [4.78, 5) is 34.8. The van der Waals surface area contributed by atoms with Gasteiger partial charge in [0.15, 0.2) is 11.3 Å². The highest BCUT2D eigenvalue weighted by molar-refractivity contribution is 5.86. The van der Waals surface area contributed by atoms with E-state index in [9.17, 15) is 22.8 Å². The number of carbonyl (C=O) groups is 2. The van der Waals surface area contributed by atoms with E-state index < -0.39 is 24.8 Å². The van der Waals surface area contributed by atoms with Crippen LogP contribution < -0.4 is 5.32 Å². The van der Waals surface area contributed by atoms with Crippen LogP contribution in [0.15, 0.2) is 37.3 Å². The van der Waals surface area contributed by atoms with E-state index >= 15 is 0 Å². The number of urea groups is 1. The Labute approximate surface area is 186 Å². The van der Waals surface area contributed by atoms with Gasteiger partial charge in [0.2, 0.25) is 0 Å². The average Bonchev–Trinajstić information content (AvgIpc) is 3.50. The van der Waals surface area contributed by atoms with Crippen molar-refractivity contribution in [3.63, 3.8) is 0 Å². The number of carbonyl (C=O) groups excluding carboxylic acids is 2. The number of nitrogens with zero attached hydrogens (tertiary/aromatic N) is 5. The van der Waals surface area contributed by atoms with E-state index in [4.69, 9.17) is 4.74 Å². The minimum absolute atomic E-state index is 0.0318. The van der Waals surface area contributed by atoms with Crippen molar-refractivity contribution in [2.24, 2.45) is 5.92 Å². The van der Waals surface area contributed by atoms with Gasteiger partial charge in [-0.15, -0.1) is 0 Å². The first-order valence-corrected chi connectivity index (χ1v) is 10.4. The van der Waals surface area contributed by atoms with Crippen LogP contribution >= 0.6 is 0 Å². The van der Waals surface area contributed by atoms with Gasteiger partial charge in [-0.3, -0.25) is 4.40 Å². The Morgan fingerprint density at radius 2 is 2.09 bits per heavy atom. The molecular formula is C21H23F3N6O3. The van der Waals surface area contributed by atoms with Gasteiger partial charge >= 0.3 is 18.3 Å². The predicted molar refractivity (Wildman–Crippen MR) is 113 cm³/mol. The lowest BCUT2D eigenvalue weighted by Crippen LogP contribution is -2.42. The van der Waals surface area contributed by atoms with Crippen LogP contribution in [0.25, 0.3) is 16.8 Å². The molecule has 2 atom stereocenters. The quantitative estimate of drug-likeness (QED) is 0.583. The van der Waals surface area contributed by atoms with Gasteiger partial charge in [0, 0.05) is 37.1 Å². The summed E-state index contributed by atoms with van der Waals surface area (Å²) in [7, 11) is 0. The standard InChI is InChI=1S/C21H23F3N6O3/c1-3-7-33-20(32)29-6-5-15-18(29)26-9-17-25-8-16(30(15)17)14-11-28(10-13(14)4-2)19(31)27-12-21(22,23)24/h3,5-6,8-9,13-14H,1,4,7,10-12H2,2H3,(H,27,31)/t13-,14+/m1/s1. The van der Waals surface area contributed by atoms with Gasteiger partial charge in [-0.05, 0) is 12.0 Å². The molecule has 1 fully saturated rings. The topological polar surface area (TPSA) is 93.8 Å². The molecule has 176 valence electrons. The third kappa shape index (κ3) is 4.37. The molecule has 0 radical (unpaired) electrons. The van der Waals surface area contributed by atoms with Gasteiger partial charge in [0.05, 0.1) is 11.7 Å². The molecule has 1 aliphatic rings. The van der Waals surface area contributed by atoms with Gasteiger partial charge in [0.25, 0.3) is 0 Å². The first kappa shape index (κ1) is 22.6. The van der Waals surface area contributed by atoms with Gasteiger partial charge in [-0.25, -0.2) is 24.1 Å². The summed E-state index contributed by atoms with van der Waals surface area (Å²) in [6.07, 6.45) is 1.89. The Balaban J connectivity index is 1.66. The van der Waals surface area contributed by atoms with Crippen molar-refractivity contribution in [2.45, 2.75) is 25.4 Å². The highest BCUT2D eigenvalue weighted by Gasteiger charge is 2.38. The third-order valence-electron chi connectivity index (χ3n) is 5.79. The van der Waals surface area contributed by atoms with Crippen molar-refractivity contribution < 1.29 is 27.5 Å². The lowest BCUT2D eigenvalue weighted by Gasteiger charge is -2.18. The fourth-order valence-electron chi connectivity index (χ4n) is 4.25.